The van der Waals surface area contributed by atoms with Gasteiger partial charge in [-0.2, -0.15) is 5.10 Å². The van der Waals surface area contributed by atoms with Crippen molar-refractivity contribution in [2.45, 2.75) is 13.1 Å². The fraction of sp³-hybridized carbons (Fsp3) is 0.0606. The molecule has 4 heterocycles. The van der Waals surface area contributed by atoms with Crippen LogP contribution in [0.1, 0.15) is 11.1 Å². The molecule has 3 N–H and O–H groups in total. The van der Waals surface area contributed by atoms with E-state index in [-0.39, 0.29) is 5.82 Å². The summed E-state index contributed by atoms with van der Waals surface area (Å²) >= 11 is 0. The molecule has 40 heavy (non-hydrogen) atoms. The van der Waals surface area contributed by atoms with Gasteiger partial charge in [-0.15, -0.1) is 0 Å². The van der Waals surface area contributed by atoms with Crippen LogP contribution in [0.3, 0.4) is 0 Å². The van der Waals surface area contributed by atoms with Crippen LogP contribution >= 0.6 is 0 Å². The number of nitrogens with one attached hydrogen (secondary N) is 3. The van der Waals surface area contributed by atoms with Gasteiger partial charge in [-0.05, 0) is 47.0 Å². The molecule has 0 fully saturated rings. The molecule has 4 aromatic heterocycles. The Balaban J connectivity index is 1.21. The van der Waals surface area contributed by atoms with E-state index in [9.17, 15) is 4.39 Å². The second-order valence-electron chi connectivity index (χ2n) is 9.81. The lowest BCUT2D eigenvalue weighted by Crippen LogP contribution is -2.12. The van der Waals surface area contributed by atoms with Gasteiger partial charge in [0.15, 0.2) is 0 Å². The Kier molecular flexibility index (Phi) is 6.11. The van der Waals surface area contributed by atoms with E-state index in [0.29, 0.717) is 5.56 Å². The van der Waals surface area contributed by atoms with Crippen molar-refractivity contribution >= 4 is 21.8 Å². The summed E-state index contributed by atoms with van der Waals surface area (Å²) in [6, 6.07) is 27.5. The highest BCUT2D eigenvalue weighted by atomic mass is 19.1. The topological polar surface area (TPSA) is 82.3 Å². The van der Waals surface area contributed by atoms with E-state index < -0.39 is 0 Å². The summed E-state index contributed by atoms with van der Waals surface area (Å²) in [5.74, 6) is -0.277. The van der Waals surface area contributed by atoms with E-state index in [1.54, 1.807) is 24.5 Å². The Morgan fingerprint density at radius 2 is 1.48 bits per heavy atom. The first-order valence-electron chi connectivity index (χ1n) is 13.1. The first-order valence-corrected chi connectivity index (χ1v) is 13.1. The summed E-state index contributed by atoms with van der Waals surface area (Å²) in [6.45, 7) is 1.52. The molecule has 7 heteroatoms. The van der Waals surface area contributed by atoms with Crippen LogP contribution < -0.4 is 5.32 Å². The maximum atomic E-state index is 14.6. The van der Waals surface area contributed by atoms with Gasteiger partial charge in [-0.3, -0.25) is 15.1 Å². The zero-order valence-electron chi connectivity index (χ0n) is 21.5. The minimum absolute atomic E-state index is 0.277. The highest BCUT2D eigenvalue weighted by molar-refractivity contribution is 6.01. The Bertz CT molecular complexity index is 1960. The van der Waals surface area contributed by atoms with Gasteiger partial charge in [-0.1, -0.05) is 54.6 Å². The summed E-state index contributed by atoms with van der Waals surface area (Å²) in [7, 11) is 0. The number of hydrogen-bond acceptors (Lipinski definition) is 4. The molecule has 0 saturated heterocycles. The third-order valence-corrected chi connectivity index (χ3v) is 7.16. The number of H-pyrrole nitrogens is 2. The normalized spacial score (nSPS) is 11.4. The molecule has 0 radical (unpaired) electrons. The van der Waals surface area contributed by atoms with Crippen molar-refractivity contribution in [1.29, 1.82) is 0 Å². The Labute approximate surface area is 230 Å². The largest absolute Gasteiger partial charge is 0.352 e. The smallest absolute Gasteiger partial charge is 0.131 e. The monoisotopic (exact) mass is 524 g/mol. The van der Waals surface area contributed by atoms with Gasteiger partial charge in [0.2, 0.25) is 0 Å². The van der Waals surface area contributed by atoms with E-state index in [4.69, 9.17) is 0 Å². The number of aromatic amines is 2. The van der Waals surface area contributed by atoms with Crippen LogP contribution in [-0.2, 0) is 13.1 Å². The van der Waals surface area contributed by atoms with Crippen LogP contribution in [-0.4, -0.2) is 25.1 Å². The van der Waals surface area contributed by atoms with E-state index >= 15 is 0 Å². The standard InChI is InChI=1S/C33H25FN6/c34-29-9-5-4-8-25(29)28-19-37-20-32-26(28)14-31(38-32)33-27-13-23(10-11-30(27)39-40-33)24-12-22(17-36-18-24)16-35-15-21-6-2-1-3-7-21/h1-14,17-20,35,38H,15-16H2,(H,39,40). The number of benzene rings is 3. The van der Waals surface area contributed by atoms with Crippen LogP contribution in [0, 0.1) is 5.82 Å². The predicted molar refractivity (Wildman–Crippen MR) is 157 cm³/mol. The van der Waals surface area contributed by atoms with Crippen LogP contribution in [0.5, 0.6) is 0 Å². The first-order chi connectivity index (χ1) is 19.7. The molecule has 0 saturated carbocycles. The number of rotatable bonds is 7. The molecule has 0 spiro atoms. The molecule has 7 rings (SSSR count). The zero-order chi connectivity index (χ0) is 26.9. The molecule has 0 aliphatic heterocycles. The number of halogens is 1. The fourth-order valence-corrected chi connectivity index (χ4v) is 5.16. The third kappa shape index (κ3) is 4.52. The number of fused-ring (bicyclic) bond motifs is 2. The van der Waals surface area contributed by atoms with Crippen molar-refractivity contribution in [3.63, 3.8) is 0 Å². The SMILES string of the molecule is Fc1ccccc1-c1cncc2[nH]c(-c3n[nH]c4ccc(-c5cncc(CNCc6ccccc6)c5)cc34)cc12. The molecule has 0 amide bonds. The minimum atomic E-state index is -0.277. The average molecular weight is 525 g/mol. The van der Waals surface area contributed by atoms with Crippen LogP contribution in [0.2, 0.25) is 0 Å². The van der Waals surface area contributed by atoms with Crippen molar-refractivity contribution in [2.24, 2.45) is 0 Å². The molecule has 0 atom stereocenters. The maximum absolute atomic E-state index is 14.6. The number of hydrogen-bond donors (Lipinski definition) is 3. The van der Waals surface area contributed by atoms with Crippen LogP contribution in [0.4, 0.5) is 4.39 Å². The molecule has 0 aliphatic rings. The quantitative estimate of drug-likeness (QED) is 0.205. The Morgan fingerprint density at radius 1 is 0.650 bits per heavy atom. The van der Waals surface area contributed by atoms with E-state index in [2.05, 4.69) is 60.8 Å². The fourth-order valence-electron chi connectivity index (χ4n) is 5.16. The van der Waals surface area contributed by atoms with Gasteiger partial charge < -0.3 is 10.3 Å². The lowest BCUT2D eigenvalue weighted by atomic mass is 10.0. The van der Waals surface area contributed by atoms with Crippen LogP contribution in [0.25, 0.3) is 55.4 Å². The lowest BCUT2D eigenvalue weighted by Gasteiger charge is -2.08. The molecule has 194 valence electrons. The summed E-state index contributed by atoms with van der Waals surface area (Å²) < 4.78 is 14.6. The van der Waals surface area contributed by atoms with E-state index in [1.165, 1.54) is 11.6 Å². The third-order valence-electron chi connectivity index (χ3n) is 7.16. The molecule has 0 bridgehead atoms. The molecule has 0 unspecified atom stereocenters. The van der Waals surface area contributed by atoms with Gasteiger partial charge in [-0.25, -0.2) is 4.39 Å². The second kappa shape index (κ2) is 10.2. The van der Waals surface area contributed by atoms with Crippen molar-refractivity contribution in [3.8, 4) is 33.6 Å². The molecule has 6 nitrogen and oxygen atoms in total. The lowest BCUT2D eigenvalue weighted by molar-refractivity contribution is 0.631. The Hall–Kier alpha value is -5.14. The van der Waals surface area contributed by atoms with Crippen LogP contribution in [0.15, 0.2) is 110 Å². The number of pyridine rings is 2. The average Bonchev–Trinajstić information content (AvgIpc) is 3.62. The van der Waals surface area contributed by atoms with Gasteiger partial charge in [0.1, 0.15) is 11.5 Å². The molecule has 0 aliphatic carbocycles. The summed E-state index contributed by atoms with van der Waals surface area (Å²) in [5, 5.41) is 13.1. The zero-order valence-corrected chi connectivity index (χ0v) is 21.5. The molecular weight excluding hydrogens is 499 g/mol. The first kappa shape index (κ1) is 23.9. The summed E-state index contributed by atoms with van der Waals surface area (Å²) in [5.41, 5.74) is 9.09. The Morgan fingerprint density at radius 3 is 2.38 bits per heavy atom. The maximum Gasteiger partial charge on any atom is 0.131 e. The summed E-state index contributed by atoms with van der Waals surface area (Å²) in [4.78, 5) is 12.3. The second-order valence-corrected chi connectivity index (χ2v) is 9.81. The van der Waals surface area contributed by atoms with Gasteiger partial charge in [0.25, 0.3) is 0 Å². The molecule has 3 aromatic carbocycles. The van der Waals surface area contributed by atoms with Gasteiger partial charge in [0.05, 0.1) is 22.9 Å². The predicted octanol–water partition coefficient (Wildman–Crippen LogP) is 7.26. The molecular formula is C33H25FN6. The molecule has 7 aromatic rings. The van der Waals surface area contributed by atoms with Crippen molar-refractivity contribution in [3.05, 3.63) is 127 Å². The van der Waals surface area contributed by atoms with Gasteiger partial charge >= 0.3 is 0 Å². The van der Waals surface area contributed by atoms with Crippen molar-refractivity contribution in [1.82, 2.24) is 30.5 Å². The number of aromatic nitrogens is 5. The van der Waals surface area contributed by atoms with Crippen molar-refractivity contribution < 1.29 is 4.39 Å². The van der Waals surface area contributed by atoms with E-state index in [0.717, 1.165) is 68.5 Å². The van der Waals surface area contributed by atoms with E-state index in [1.807, 2.05) is 48.8 Å². The van der Waals surface area contributed by atoms with Gasteiger partial charge in [0, 0.05) is 59.1 Å². The minimum Gasteiger partial charge on any atom is -0.352 e. The van der Waals surface area contributed by atoms with Crippen molar-refractivity contribution in [2.75, 3.05) is 0 Å². The summed E-state index contributed by atoms with van der Waals surface area (Å²) in [6.07, 6.45) is 7.24. The highest BCUT2D eigenvalue weighted by Crippen LogP contribution is 2.35. The number of nitrogens with zero attached hydrogens (tertiary/aromatic N) is 3. The highest BCUT2D eigenvalue weighted by Gasteiger charge is 2.16.